The molecule has 2 rings (SSSR count). The Morgan fingerprint density at radius 3 is 2.36 bits per heavy atom. The van der Waals surface area contributed by atoms with Crippen molar-refractivity contribution < 1.29 is 14.7 Å². The highest BCUT2D eigenvalue weighted by Crippen LogP contribution is 2.34. The lowest BCUT2D eigenvalue weighted by Crippen LogP contribution is -2.36. The zero-order valence-corrected chi connectivity index (χ0v) is 23.0. The Morgan fingerprint density at radius 2 is 1.67 bits per heavy atom. The van der Waals surface area contributed by atoms with E-state index in [1.807, 2.05) is 12.1 Å². The van der Waals surface area contributed by atoms with E-state index in [9.17, 15) is 14.7 Å². The number of carbonyl (C=O) groups is 2. The van der Waals surface area contributed by atoms with Crippen molar-refractivity contribution in [2.24, 2.45) is 0 Å². The van der Waals surface area contributed by atoms with E-state index in [1.54, 1.807) is 0 Å². The first-order valence-corrected chi connectivity index (χ1v) is 12.6. The van der Waals surface area contributed by atoms with Gasteiger partial charge in [-0.2, -0.15) is 0 Å². The molecule has 0 fully saturated rings. The van der Waals surface area contributed by atoms with Crippen LogP contribution < -0.4 is 32.7 Å². The number of nitrogens with two attached hydrogens (primary N) is 2. The van der Waals surface area contributed by atoms with Gasteiger partial charge in [-0.1, -0.05) is 38.4 Å². The van der Waals surface area contributed by atoms with Gasteiger partial charge in [-0.05, 0) is 33.0 Å². The molecule has 2 aromatic rings. The van der Waals surface area contributed by atoms with E-state index in [0.717, 1.165) is 11.1 Å². The van der Waals surface area contributed by atoms with Crippen LogP contribution in [0.3, 0.4) is 0 Å². The SMILES string of the molecule is CC(C)(C)c1cc(Br)c(O)c(CNCCNC(=O)CCNCCNC(=O)c2nc(Cl)c(N)nc2N)c1. The molecule has 11 nitrogen and oxygen atoms in total. The summed E-state index contributed by atoms with van der Waals surface area (Å²) in [6, 6.07) is 3.93. The maximum Gasteiger partial charge on any atom is 0.273 e. The third-order valence-corrected chi connectivity index (χ3v) is 6.07. The third kappa shape index (κ3) is 9.08. The van der Waals surface area contributed by atoms with Gasteiger partial charge in [-0.3, -0.25) is 9.59 Å². The minimum Gasteiger partial charge on any atom is -0.506 e. The number of hydrogen-bond acceptors (Lipinski definition) is 9. The Morgan fingerprint density at radius 1 is 1.00 bits per heavy atom. The van der Waals surface area contributed by atoms with Crippen molar-refractivity contribution in [3.05, 3.63) is 38.6 Å². The lowest BCUT2D eigenvalue weighted by molar-refractivity contribution is -0.120. The minimum absolute atomic E-state index is 0.0352. The maximum absolute atomic E-state index is 12.1. The number of nitrogens with zero attached hydrogens (tertiary/aromatic N) is 2. The highest BCUT2D eigenvalue weighted by atomic mass is 79.9. The molecule has 0 aliphatic carbocycles. The molecule has 0 saturated heterocycles. The summed E-state index contributed by atoms with van der Waals surface area (Å²) in [6.07, 6.45) is 0.293. The fourth-order valence-electron chi connectivity index (χ4n) is 3.11. The van der Waals surface area contributed by atoms with E-state index in [2.05, 4.69) is 67.9 Å². The number of nitrogen functional groups attached to an aromatic ring is 2. The number of amides is 2. The number of hydrogen-bond donors (Lipinski definition) is 7. The predicted molar refractivity (Wildman–Crippen MR) is 145 cm³/mol. The van der Waals surface area contributed by atoms with Crippen molar-refractivity contribution in [3.8, 4) is 5.75 Å². The van der Waals surface area contributed by atoms with Crippen LogP contribution in [0.4, 0.5) is 11.6 Å². The monoisotopic (exact) mass is 584 g/mol. The lowest BCUT2D eigenvalue weighted by Gasteiger charge is -2.21. The van der Waals surface area contributed by atoms with Crippen LogP contribution in [0, 0.1) is 0 Å². The molecule has 1 aromatic carbocycles. The summed E-state index contributed by atoms with van der Waals surface area (Å²) in [6.45, 7) is 9.05. The van der Waals surface area contributed by atoms with Crippen molar-refractivity contribution in [3.63, 3.8) is 0 Å². The van der Waals surface area contributed by atoms with E-state index in [-0.39, 0.29) is 39.6 Å². The van der Waals surface area contributed by atoms with Gasteiger partial charge in [0.2, 0.25) is 5.91 Å². The second kappa shape index (κ2) is 13.6. The van der Waals surface area contributed by atoms with E-state index in [4.69, 9.17) is 23.1 Å². The number of nitrogens with one attached hydrogen (secondary N) is 4. The zero-order valence-electron chi connectivity index (χ0n) is 20.7. The van der Waals surface area contributed by atoms with Gasteiger partial charge in [0.1, 0.15) is 5.75 Å². The summed E-state index contributed by atoms with van der Waals surface area (Å²) in [7, 11) is 0. The average molecular weight is 586 g/mol. The molecule has 198 valence electrons. The van der Waals surface area contributed by atoms with Crippen molar-refractivity contribution in [1.29, 1.82) is 0 Å². The fraction of sp³-hybridized carbons (Fsp3) is 0.478. The summed E-state index contributed by atoms with van der Waals surface area (Å²) in [5.74, 6) is -0.528. The van der Waals surface area contributed by atoms with E-state index in [1.165, 1.54) is 0 Å². The molecule has 1 aromatic heterocycles. The van der Waals surface area contributed by atoms with Gasteiger partial charge in [0, 0.05) is 51.3 Å². The topological polar surface area (TPSA) is 180 Å². The van der Waals surface area contributed by atoms with E-state index < -0.39 is 5.91 Å². The van der Waals surface area contributed by atoms with E-state index >= 15 is 0 Å². The Labute approximate surface area is 224 Å². The van der Waals surface area contributed by atoms with Gasteiger partial charge >= 0.3 is 0 Å². The molecule has 9 N–H and O–H groups in total. The van der Waals surface area contributed by atoms with Gasteiger partial charge in [0.05, 0.1) is 4.47 Å². The number of phenols is 1. The minimum atomic E-state index is -0.514. The summed E-state index contributed by atoms with van der Waals surface area (Å²) in [4.78, 5) is 31.7. The number of rotatable bonds is 12. The van der Waals surface area contributed by atoms with Gasteiger partial charge < -0.3 is 37.8 Å². The Hall–Kier alpha value is -2.67. The molecular weight excluding hydrogens is 552 g/mol. The van der Waals surface area contributed by atoms with Crippen molar-refractivity contribution in [2.75, 3.05) is 44.2 Å². The molecule has 0 saturated carbocycles. The second-order valence-electron chi connectivity index (χ2n) is 9.13. The summed E-state index contributed by atoms with van der Waals surface area (Å²) < 4.78 is 0.666. The average Bonchev–Trinajstić information content (AvgIpc) is 2.79. The normalized spacial score (nSPS) is 11.4. The first-order valence-electron chi connectivity index (χ1n) is 11.5. The quantitative estimate of drug-likeness (QED) is 0.182. The predicted octanol–water partition coefficient (Wildman–Crippen LogP) is 1.68. The van der Waals surface area contributed by atoms with Gasteiger partial charge in [0.25, 0.3) is 5.91 Å². The van der Waals surface area contributed by atoms with E-state index in [0.29, 0.717) is 50.2 Å². The molecule has 1 heterocycles. The number of aromatic nitrogens is 2. The highest BCUT2D eigenvalue weighted by Gasteiger charge is 2.18. The Kier molecular flexibility index (Phi) is 11.2. The Balaban J connectivity index is 1.59. The summed E-state index contributed by atoms with van der Waals surface area (Å²) in [5, 5.41) is 22.0. The van der Waals surface area contributed by atoms with Crippen LogP contribution in [0.5, 0.6) is 5.75 Å². The molecule has 0 atom stereocenters. The number of aromatic hydroxyl groups is 1. The van der Waals surface area contributed by atoms with Gasteiger partial charge in [-0.25, -0.2) is 9.97 Å². The number of anilines is 2. The zero-order chi connectivity index (χ0) is 26.9. The summed E-state index contributed by atoms with van der Waals surface area (Å²) >= 11 is 9.19. The van der Waals surface area contributed by atoms with Gasteiger partial charge in [-0.15, -0.1) is 0 Å². The van der Waals surface area contributed by atoms with Crippen molar-refractivity contribution >= 4 is 51.0 Å². The third-order valence-electron chi connectivity index (χ3n) is 5.18. The standard InChI is InChI=1S/C23H34BrClN8O3/c1-23(2,3)14-10-13(18(35)15(24)11-14)12-29-7-8-30-16(34)4-5-28-6-9-31-22(36)17-20(26)33-21(27)19(25)32-17/h10-11,28-29,35H,4-9,12H2,1-3H3,(H,30,34)(H,31,36)(H4,26,27,33). The molecule has 2 amide bonds. The van der Waals surface area contributed by atoms with Gasteiger partial charge in [0.15, 0.2) is 22.5 Å². The Bertz CT molecular complexity index is 1080. The first-order chi connectivity index (χ1) is 16.9. The number of phenolic OH excluding ortho intramolecular Hbond substituents is 1. The number of carbonyl (C=O) groups excluding carboxylic acids is 2. The van der Waals surface area contributed by atoms with Crippen LogP contribution in [-0.2, 0) is 16.8 Å². The number of benzene rings is 1. The molecule has 0 spiro atoms. The molecule has 13 heteroatoms. The van der Waals surface area contributed by atoms with Crippen LogP contribution in [-0.4, -0.2) is 59.6 Å². The van der Waals surface area contributed by atoms with Crippen LogP contribution >= 0.6 is 27.5 Å². The molecule has 0 radical (unpaired) electrons. The van der Waals surface area contributed by atoms with Crippen molar-refractivity contribution in [1.82, 2.24) is 31.2 Å². The maximum atomic E-state index is 12.1. The highest BCUT2D eigenvalue weighted by molar-refractivity contribution is 9.10. The lowest BCUT2D eigenvalue weighted by atomic mass is 9.86. The number of halogens is 2. The first kappa shape index (κ1) is 29.6. The smallest absolute Gasteiger partial charge is 0.273 e. The molecule has 0 unspecified atom stereocenters. The van der Waals surface area contributed by atoms with Crippen LogP contribution in [0.15, 0.2) is 16.6 Å². The van der Waals surface area contributed by atoms with Crippen LogP contribution in [0.2, 0.25) is 5.15 Å². The van der Waals surface area contributed by atoms with Crippen LogP contribution in [0.25, 0.3) is 0 Å². The molecule has 0 aliphatic heterocycles. The van der Waals surface area contributed by atoms with Crippen molar-refractivity contribution in [2.45, 2.75) is 39.2 Å². The van der Waals surface area contributed by atoms with Crippen LogP contribution in [0.1, 0.15) is 48.8 Å². The molecule has 36 heavy (non-hydrogen) atoms. The fourth-order valence-corrected chi connectivity index (χ4v) is 3.74. The second-order valence-corrected chi connectivity index (χ2v) is 10.3. The summed E-state index contributed by atoms with van der Waals surface area (Å²) in [5.41, 5.74) is 12.9. The molecule has 0 aliphatic rings. The largest absolute Gasteiger partial charge is 0.506 e. The molecular formula is C23H34BrClN8O3. The molecule has 0 bridgehead atoms.